The van der Waals surface area contributed by atoms with Crippen LogP contribution in [0.15, 0.2) is 0 Å². The van der Waals surface area contributed by atoms with E-state index in [1.54, 1.807) is 0 Å². The van der Waals surface area contributed by atoms with Crippen molar-refractivity contribution in [3.8, 4) is 0 Å². The quantitative estimate of drug-likeness (QED) is 0.0571. The lowest BCUT2D eigenvalue weighted by molar-refractivity contribution is -0.398. The SMILES string of the molecule is CC(=O)N[C@H]1[C@H](O[C@@H]2[C@H](O[C@@H]3O[C@H](CO)[C@H](O)[C@H](O[C@H]4O[C@H](CO)[C@H](O)[C@H](O)[C@H]4NC(C)=O)[C@H]3NC(C)=O)[C@@H](O)[C@@H](O[C@@H]3[C@H](O)[C@@H](O)[C@H](O[C@H]4[C@H](O)[C@@H](O)[C@H](O)O[C@@H]4CO)O[C@@H]3CO)O[C@@H]2CO)O[C@H](CO)[C@H](O)[C@@H]1O. The lowest BCUT2D eigenvalue weighted by Crippen LogP contribution is -2.72. The molecular formula is C42H71N3O31. The van der Waals surface area contributed by atoms with Crippen molar-refractivity contribution >= 4 is 17.7 Å². The van der Waals surface area contributed by atoms with E-state index >= 15 is 0 Å². The van der Waals surface area contributed by atoms with E-state index in [0.717, 1.165) is 20.8 Å². The summed E-state index contributed by atoms with van der Waals surface area (Å²) in [5, 5.41) is 190. The van der Waals surface area contributed by atoms with Crippen LogP contribution in [0.3, 0.4) is 0 Å². The van der Waals surface area contributed by atoms with Crippen molar-refractivity contribution in [2.75, 3.05) is 39.6 Å². The monoisotopic (exact) mass is 1110 g/mol. The molecule has 0 unspecified atom stereocenters. The van der Waals surface area contributed by atoms with Crippen LogP contribution in [0.25, 0.3) is 0 Å². The maximum atomic E-state index is 13.0. The van der Waals surface area contributed by atoms with Gasteiger partial charge in [0.15, 0.2) is 37.7 Å². The Labute approximate surface area is 431 Å². The molecule has 6 fully saturated rings. The molecule has 30 atom stereocenters. The molecule has 0 aliphatic carbocycles. The van der Waals surface area contributed by atoms with Gasteiger partial charge in [-0.2, -0.15) is 0 Å². The third-order valence-corrected chi connectivity index (χ3v) is 13.6. The zero-order valence-corrected chi connectivity index (χ0v) is 40.9. The fourth-order valence-electron chi connectivity index (χ4n) is 9.72. The average molecular weight is 1110 g/mol. The number of ether oxygens (including phenoxy) is 11. The van der Waals surface area contributed by atoms with E-state index in [2.05, 4.69) is 16.0 Å². The highest BCUT2D eigenvalue weighted by atomic mass is 16.8. The molecule has 0 radical (unpaired) electrons. The van der Waals surface area contributed by atoms with Crippen molar-refractivity contribution in [2.45, 2.75) is 205 Å². The second-order valence-corrected chi connectivity index (χ2v) is 19.0. The largest absolute Gasteiger partial charge is 0.394 e. The van der Waals surface area contributed by atoms with Gasteiger partial charge in [-0.25, -0.2) is 0 Å². The predicted octanol–water partition coefficient (Wildman–Crippen LogP) is -13.7. The van der Waals surface area contributed by atoms with Gasteiger partial charge >= 0.3 is 0 Å². The van der Waals surface area contributed by atoms with Crippen LogP contribution in [0.2, 0.25) is 0 Å². The second kappa shape index (κ2) is 27.2. The molecule has 0 spiro atoms. The van der Waals surface area contributed by atoms with Crippen LogP contribution in [0.1, 0.15) is 20.8 Å². The van der Waals surface area contributed by atoms with Crippen LogP contribution < -0.4 is 16.0 Å². The molecule has 6 rings (SSSR count). The van der Waals surface area contributed by atoms with Crippen molar-refractivity contribution in [2.24, 2.45) is 0 Å². The lowest BCUT2D eigenvalue weighted by Gasteiger charge is -2.52. The zero-order valence-electron chi connectivity index (χ0n) is 40.9. The van der Waals surface area contributed by atoms with Gasteiger partial charge in [0.1, 0.15) is 146 Å². The molecule has 6 heterocycles. The Morgan fingerprint density at radius 3 is 1.07 bits per heavy atom. The number of aliphatic hydroxyl groups is 17. The Morgan fingerprint density at radius 2 is 0.632 bits per heavy atom. The summed E-state index contributed by atoms with van der Waals surface area (Å²) in [5.41, 5.74) is 0. The predicted molar refractivity (Wildman–Crippen MR) is 234 cm³/mol. The Morgan fingerprint density at radius 1 is 0.316 bits per heavy atom. The summed E-state index contributed by atoms with van der Waals surface area (Å²) in [6.07, 6.45) is -52.3. The Balaban J connectivity index is 1.37. The summed E-state index contributed by atoms with van der Waals surface area (Å²) in [4.78, 5) is 37.7. The van der Waals surface area contributed by atoms with Gasteiger partial charge in [0.05, 0.1) is 39.6 Å². The first-order valence-electron chi connectivity index (χ1n) is 24.1. The number of rotatable bonds is 19. The number of carbonyl (C=O) groups excluding carboxylic acids is 3. The number of hydrogen-bond acceptors (Lipinski definition) is 31. The number of aliphatic hydroxyl groups excluding tert-OH is 17. The first-order valence-corrected chi connectivity index (χ1v) is 24.1. The van der Waals surface area contributed by atoms with Crippen molar-refractivity contribution < 1.29 is 153 Å². The summed E-state index contributed by atoms with van der Waals surface area (Å²) in [5.74, 6) is -2.49. The molecule has 0 aromatic rings. The third-order valence-electron chi connectivity index (χ3n) is 13.6. The van der Waals surface area contributed by atoms with Crippen LogP contribution in [-0.4, -0.2) is 328 Å². The molecule has 6 aliphatic rings. The summed E-state index contributed by atoms with van der Waals surface area (Å²) in [6, 6.07) is -5.19. The zero-order chi connectivity index (χ0) is 56.2. The summed E-state index contributed by atoms with van der Waals surface area (Å²) in [7, 11) is 0. The van der Waals surface area contributed by atoms with Gasteiger partial charge < -0.3 is 155 Å². The molecular weight excluding hydrogens is 1040 g/mol. The molecule has 0 saturated carbocycles. The first kappa shape index (κ1) is 62.5. The number of hydrogen-bond donors (Lipinski definition) is 20. The molecule has 20 N–H and O–H groups in total. The van der Waals surface area contributed by atoms with E-state index in [1.807, 2.05) is 0 Å². The molecule has 0 aromatic carbocycles. The topological polar surface area (TPSA) is 533 Å². The van der Waals surface area contributed by atoms with Crippen LogP contribution in [0.4, 0.5) is 0 Å². The van der Waals surface area contributed by atoms with E-state index in [0.29, 0.717) is 0 Å². The fourth-order valence-corrected chi connectivity index (χ4v) is 9.72. The maximum absolute atomic E-state index is 13.0. The highest BCUT2D eigenvalue weighted by Crippen LogP contribution is 2.38. The van der Waals surface area contributed by atoms with Crippen molar-refractivity contribution in [3.05, 3.63) is 0 Å². The smallest absolute Gasteiger partial charge is 0.217 e. The van der Waals surface area contributed by atoms with Crippen LogP contribution in [0, 0.1) is 0 Å². The standard InChI is InChI=1S/C42H71N3O31/c1-10(52)43-19-25(58)22(55)13(4-46)67-38(19)74-34-18(9-51)71-42(73-33-17(8-50)70-41(30(63)28(33)61)72-32-16(7-49)66-37(65)29(62)27(32)60)31(64)36(34)76-40-21(45-12(3)54)35(24(57)15(6-48)69-40)75-39-20(44-11(2)53)26(59)23(56)14(5-47)68-39/h13-42,46-51,55-65H,4-9H2,1-3H3,(H,43,52)(H,44,53)(H,45,54)/t13-,14-,15-,16-,17-,18-,19-,20-,21-,22+,23+,24+,25-,26-,27-,28-,29-,30-,31-,32-,33+,34+,35-,36-,37-,38+,39-,40+,41+,42-/m1/s1. The number of carbonyl (C=O) groups is 3. The van der Waals surface area contributed by atoms with E-state index in [1.165, 1.54) is 0 Å². The second-order valence-electron chi connectivity index (χ2n) is 19.0. The lowest BCUT2D eigenvalue weighted by atomic mass is 9.93. The van der Waals surface area contributed by atoms with Gasteiger partial charge in [-0.05, 0) is 0 Å². The van der Waals surface area contributed by atoms with Crippen LogP contribution in [0.5, 0.6) is 0 Å². The van der Waals surface area contributed by atoms with Gasteiger partial charge in [-0.3, -0.25) is 14.4 Å². The molecule has 76 heavy (non-hydrogen) atoms. The molecule has 6 aliphatic heterocycles. The number of amides is 3. The molecule has 6 saturated heterocycles. The van der Waals surface area contributed by atoms with Crippen LogP contribution >= 0.6 is 0 Å². The summed E-state index contributed by atoms with van der Waals surface area (Å²) in [6.45, 7) is -3.00. The van der Waals surface area contributed by atoms with Gasteiger partial charge in [0.25, 0.3) is 0 Å². The van der Waals surface area contributed by atoms with Gasteiger partial charge in [0, 0.05) is 20.8 Å². The van der Waals surface area contributed by atoms with E-state index in [9.17, 15) is 101 Å². The van der Waals surface area contributed by atoms with Crippen LogP contribution in [-0.2, 0) is 66.5 Å². The minimum Gasteiger partial charge on any atom is -0.394 e. The third kappa shape index (κ3) is 13.5. The number of nitrogens with one attached hydrogen (secondary N) is 3. The van der Waals surface area contributed by atoms with Crippen molar-refractivity contribution in [1.82, 2.24) is 16.0 Å². The molecule has 34 heteroatoms. The Bertz CT molecular complexity index is 1870. The normalized spacial score (nSPS) is 48.2. The first-order chi connectivity index (χ1) is 35.9. The maximum Gasteiger partial charge on any atom is 0.217 e. The Kier molecular flexibility index (Phi) is 22.3. The van der Waals surface area contributed by atoms with E-state index in [-0.39, 0.29) is 0 Å². The summed E-state index contributed by atoms with van der Waals surface area (Å²) >= 11 is 0. The average Bonchev–Trinajstić information content (AvgIpc) is 3.38. The van der Waals surface area contributed by atoms with Gasteiger partial charge in [-0.1, -0.05) is 0 Å². The Hall–Kier alpha value is -2.71. The van der Waals surface area contributed by atoms with Gasteiger partial charge in [0.2, 0.25) is 17.7 Å². The minimum atomic E-state index is -2.36. The fraction of sp³-hybridized carbons (Fsp3) is 0.929. The molecule has 34 nitrogen and oxygen atoms in total. The van der Waals surface area contributed by atoms with Crippen molar-refractivity contribution in [1.29, 1.82) is 0 Å². The molecule has 0 aromatic heterocycles. The van der Waals surface area contributed by atoms with Crippen molar-refractivity contribution in [3.63, 3.8) is 0 Å². The van der Waals surface area contributed by atoms with E-state index < -0.39 is 241 Å². The molecule has 0 bridgehead atoms. The highest BCUT2D eigenvalue weighted by molar-refractivity contribution is 5.74. The van der Waals surface area contributed by atoms with E-state index in [4.69, 9.17) is 52.1 Å². The van der Waals surface area contributed by atoms with Gasteiger partial charge in [-0.15, -0.1) is 0 Å². The minimum absolute atomic E-state index is 0.783. The molecule has 3 amide bonds. The highest BCUT2D eigenvalue weighted by Gasteiger charge is 2.59. The summed E-state index contributed by atoms with van der Waals surface area (Å²) < 4.78 is 64.3. The molecule has 440 valence electrons.